The second kappa shape index (κ2) is 15.8. The van der Waals surface area contributed by atoms with Crippen molar-refractivity contribution in [2.45, 2.75) is 26.2 Å². The van der Waals surface area contributed by atoms with Crippen LogP contribution in [0.15, 0.2) is 169 Å². The van der Waals surface area contributed by atoms with Crippen LogP contribution in [0.3, 0.4) is 0 Å². The van der Waals surface area contributed by atoms with Crippen LogP contribution in [-0.2, 0) is 26.5 Å². The second-order valence-corrected chi connectivity index (χ2v) is 18.0. The Morgan fingerprint density at radius 2 is 1.31 bits per heavy atom. The molecule has 0 fully saturated rings. The number of rotatable bonds is 7. The summed E-state index contributed by atoms with van der Waals surface area (Å²) in [6, 6.07) is 63.2. The van der Waals surface area contributed by atoms with E-state index in [1.807, 2.05) is 18.3 Å². The van der Waals surface area contributed by atoms with Crippen molar-refractivity contribution in [1.82, 2.24) is 4.98 Å². The zero-order valence-corrected chi connectivity index (χ0v) is 37.5. The molecule has 0 spiro atoms. The van der Waals surface area contributed by atoms with E-state index in [1.165, 1.54) is 26.4 Å². The van der Waals surface area contributed by atoms with Crippen LogP contribution in [0.25, 0.3) is 64.5 Å². The first-order chi connectivity index (χ1) is 29.4. The SMILES string of the molecule is CC(C)(C)c1ccnc(-c2cc3c4ccsc4ccc3c3sc(Oc4[c-]c(N5[CH-]N(c6c(-c7ccccc7)cccc6-c6ccccc6)c6ccccc65)ccc4)[c-]c23)c1.[Pt]. The van der Waals surface area contributed by atoms with Crippen LogP contribution in [0.4, 0.5) is 22.7 Å². The van der Waals surface area contributed by atoms with Crippen molar-refractivity contribution < 1.29 is 25.8 Å². The molecule has 0 bridgehead atoms. The monoisotopic (exact) mass is 1000 g/mol. The Morgan fingerprint density at radius 1 is 0.623 bits per heavy atom. The van der Waals surface area contributed by atoms with Crippen molar-refractivity contribution in [2.24, 2.45) is 0 Å². The Hall–Kier alpha value is -6.04. The van der Waals surface area contributed by atoms with Gasteiger partial charge in [0.15, 0.2) is 0 Å². The molecule has 1 aliphatic heterocycles. The zero-order valence-electron chi connectivity index (χ0n) is 33.6. The summed E-state index contributed by atoms with van der Waals surface area (Å²) in [5.74, 6) is 0.619. The molecular formula is C54H38N3OPtS2-3. The van der Waals surface area contributed by atoms with Crippen LogP contribution < -0.4 is 14.5 Å². The third-order valence-corrected chi connectivity index (χ3v) is 13.2. The van der Waals surface area contributed by atoms with Gasteiger partial charge >= 0.3 is 0 Å². The number of ether oxygens (including phenoxy) is 1. The van der Waals surface area contributed by atoms with Gasteiger partial charge in [0.1, 0.15) is 5.06 Å². The minimum atomic E-state index is -0.0124. The first-order valence-corrected chi connectivity index (χ1v) is 21.8. The standard InChI is InChI=1S/C54H38N3OS2.Pt/c1-54(2,3)37-26-28-55-47(30-37)45-32-44-42-27-29-59-50(42)25-24-43(44)53-46(45)33-51(60-53)58-39-19-12-18-38(31-39)56-34-57(49-23-11-10-22-48(49)56)52-40(35-14-6-4-7-15-35)20-13-21-41(52)36-16-8-5-9-17-36;/h4-30,32,34H,1-3H3;/q-3;. The van der Waals surface area contributed by atoms with Gasteiger partial charge in [0.05, 0.1) is 0 Å². The van der Waals surface area contributed by atoms with Crippen LogP contribution >= 0.6 is 22.7 Å². The molecule has 1 aliphatic rings. The van der Waals surface area contributed by atoms with E-state index in [9.17, 15) is 0 Å². The molecule has 300 valence electrons. The Morgan fingerprint density at radius 3 is 2.03 bits per heavy atom. The largest absolute Gasteiger partial charge is 0.493 e. The smallest absolute Gasteiger partial charge is 0.107 e. The number of nitrogens with zero attached hydrogens (tertiary/aromatic N) is 3. The summed E-state index contributed by atoms with van der Waals surface area (Å²) in [7, 11) is 0. The van der Waals surface area contributed by atoms with Crippen molar-refractivity contribution >= 4 is 76.4 Å². The van der Waals surface area contributed by atoms with Gasteiger partial charge in [0, 0.05) is 71.6 Å². The molecule has 0 atom stereocenters. The van der Waals surface area contributed by atoms with Gasteiger partial charge in [0.2, 0.25) is 0 Å². The van der Waals surface area contributed by atoms with Crippen LogP contribution in [0, 0.1) is 18.8 Å². The fourth-order valence-corrected chi connectivity index (χ4v) is 10.2. The van der Waals surface area contributed by atoms with Gasteiger partial charge < -0.3 is 14.5 Å². The summed E-state index contributed by atoms with van der Waals surface area (Å²) >= 11 is 3.39. The van der Waals surface area contributed by atoms with E-state index in [2.05, 4.69) is 200 Å². The molecule has 7 heteroatoms. The third kappa shape index (κ3) is 7.03. The second-order valence-electron chi connectivity index (χ2n) is 16.1. The van der Waals surface area contributed by atoms with Crippen molar-refractivity contribution in [3.05, 3.63) is 194 Å². The zero-order chi connectivity index (χ0) is 40.4. The topological polar surface area (TPSA) is 28.6 Å². The Labute approximate surface area is 378 Å². The summed E-state index contributed by atoms with van der Waals surface area (Å²) < 4.78 is 9.14. The van der Waals surface area contributed by atoms with E-state index in [-0.39, 0.29) is 26.5 Å². The van der Waals surface area contributed by atoms with E-state index in [0.29, 0.717) is 10.8 Å². The Bertz CT molecular complexity index is 3170. The van der Waals surface area contributed by atoms with Crippen molar-refractivity contribution in [3.63, 3.8) is 0 Å². The third-order valence-electron chi connectivity index (χ3n) is 11.3. The van der Waals surface area contributed by atoms with Crippen molar-refractivity contribution in [1.29, 1.82) is 0 Å². The van der Waals surface area contributed by atoms with Crippen LogP contribution in [-0.4, -0.2) is 4.98 Å². The summed E-state index contributed by atoms with van der Waals surface area (Å²) in [5.41, 5.74) is 12.0. The molecule has 0 unspecified atom stereocenters. The maximum atomic E-state index is 6.74. The summed E-state index contributed by atoms with van der Waals surface area (Å²) in [6.45, 7) is 8.91. The van der Waals surface area contributed by atoms with Gasteiger partial charge in [-0.25, -0.2) is 0 Å². The summed E-state index contributed by atoms with van der Waals surface area (Å²) in [4.78, 5) is 9.44. The molecular weight excluding hydrogens is 966 g/mol. The number of anilines is 4. The molecule has 10 aromatic rings. The number of para-hydroxylation sites is 3. The summed E-state index contributed by atoms with van der Waals surface area (Å²) in [6.07, 6.45) is 1.93. The van der Waals surface area contributed by atoms with Gasteiger partial charge in [-0.15, -0.1) is 54.0 Å². The molecule has 7 aromatic carbocycles. The molecule has 0 saturated heterocycles. The first-order valence-electron chi connectivity index (χ1n) is 20.1. The molecule has 0 N–H and O–H groups in total. The fraction of sp³-hybridized carbons (Fsp3) is 0.0741. The molecule has 0 saturated carbocycles. The quantitative estimate of drug-likeness (QED) is 0.149. The van der Waals surface area contributed by atoms with Crippen molar-refractivity contribution in [3.8, 4) is 44.3 Å². The van der Waals surface area contributed by atoms with Gasteiger partial charge in [-0.05, 0) is 74.7 Å². The molecule has 4 heterocycles. The van der Waals surface area contributed by atoms with Crippen molar-refractivity contribution in [2.75, 3.05) is 9.80 Å². The number of pyridine rings is 1. The number of benzene rings is 7. The summed E-state index contributed by atoms with van der Waals surface area (Å²) in [5, 5.41) is 7.52. The van der Waals surface area contributed by atoms with E-state index >= 15 is 0 Å². The minimum absolute atomic E-state index is 0. The predicted molar refractivity (Wildman–Crippen MR) is 253 cm³/mol. The fourth-order valence-electron chi connectivity index (χ4n) is 8.36. The molecule has 0 amide bonds. The molecule has 3 aromatic heterocycles. The maximum absolute atomic E-state index is 6.74. The minimum Gasteiger partial charge on any atom is -0.493 e. The molecule has 4 nitrogen and oxygen atoms in total. The van der Waals surface area contributed by atoms with Gasteiger partial charge in [0.25, 0.3) is 0 Å². The van der Waals surface area contributed by atoms with Crippen LogP contribution in [0.2, 0.25) is 0 Å². The van der Waals surface area contributed by atoms with E-state index < -0.39 is 0 Å². The number of aromatic nitrogens is 1. The molecule has 0 aliphatic carbocycles. The van der Waals surface area contributed by atoms with Gasteiger partial charge in [-0.1, -0.05) is 133 Å². The van der Waals surface area contributed by atoms with Gasteiger partial charge in [-0.2, -0.15) is 22.8 Å². The number of thiophene rings is 2. The molecule has 61 heavy (non-hydrogen) atoms. The average Bonchev–Trinajstić information content (AvgIpc) is 4.04. The predicted octanol–water partition coefficient (Wildman–Crippen LogP) is 15.8. The average molecular weight is 1000 g/mol. The van der Waals surface area contributed by atoms with E-state index in [4.69, 9.17) is 9.72 Å². The Balaban J connectivity index is 0.00000445. The number of hydrogen-bond donors (Lipinski definition) is 0. The van der Waals surface area contributed by atoms with E-state index in [0.717, 1.165) is 66.3 Å². The molecule has 11 rings (SSSR count). The molecule has 0 radical (unpaired) electrons. The van der Waals surface area contributed by atoms with Gasteiger partial charge in [-0.3, -0.25) is 4.98 Å². The van der Waals surface area contributed by atoms with Crippen LogP contribution in [0.1, 0.15) is 26.3 Å². The number of hydrogen-bond acceptors (Lipinski definition) is 6. The Kier molecular flexibility index (Phi) is 10.1. The maximum Gasteiger partial charge on any atom is 0.107 e. The number of fused-ring (bicyclic) bond motifs is 6. The first kappa shape index (κ1) is 39.1. The van der Waals surface area contributed by atoms with E-state index in [1.54, 1.807) is 22.7 Å². The normalized spacial score (nSPS) is 12.6. The van der Waals surface area contributed by atoms with Crippen LogP contribution in [0.5, 0.6) is 10.8 Å².